The fourth-order valence-corrected chi connectivity index (χ4v) is 4.50. The van der Waals surface area contributed by atoms with Gasteiger partial charge in [-0.15, -0.1) is 4.33 Å². The van der Waals surface area contributed by atoms with Gasteiger partial charge in [0.1, 0.15) is 11.7 Å². The van der Waals surface area contributed by atoms with Gasteiger partial charge in [-0.05, 0) is 29.8 Å². The average molecular weight is 385 g/mol. The third-order valence-electron chi connectivity index (χ3n) is 4.35. The summed E-state index contributed by atoms with van der Waals surface area (Å²) in [6.45, 7) is 0. The van der Waals surface area contributed by atoms with E-state index in [1.807, 2.05) is 25.2 Å². The first-order valence-corrected chi connectivity index (χ1v) is 9.52. The molecule has 5 nitrogen and oxygen atoms in total. The predicted octanol–water partition coefficient (Wildman–Crippen LogP) is 4.66. The monoisotopic (exact) mass is 385 g/mol. The zero-order valence-electron chi connectivity index (χ0n) is 14.2. The molecule has 1 aliphatic heterocycles. The summed E-state index contributed by atoms with van der Waals surface area (Å²) in [5.41, 5.74) is 4.70. The lowest BCUT2D eigenvalue weighted by Crippen LogP contribution is -2.29. The van der Waals surface area contributed by atoms with Crippen LogP contribution in [0.25, 0.3) is 21.9 Å². The fourth-order valence-electron chi connectivity index (χ4n) is 3.02. The Morgan fingerprint density at radius 1 is 1.23 bits per heavy atom. The summed E-state index contributed by atoms with van der Waals surface area (Å²) < 4.78 is 7.86. The maximum absolute atomic E-state index is 8.32. The van der Waals surface area contributed by atoms with E-state index in [2.05, 4.69) is 68.5 Å². The van der Waals surface area contributed by atoms with Crippen molar-refractivity contribution in [2.75, 3.05) is 11.9 Å². The van der Waals surface area contributed by atoms with Crippen LogP contribution in [0.2, 0.25) is 0 Å². The van der Waals surface area contributed by atoms with Crippen LogP contribution in [-0.2, 0) is 16.4 Å². The molecule has 4 rings (SSSR count). The Kier molecular flexibility index (Phi) is 4.80. The summed E-state index contributed by atoms with van der Waals surface area (Å²) in [7, 11) is 4.11. The molecule has 2 aromatic carbocycles. The molecule has 0 bridgehead atoms. The number of fused-ring (bicyclic) bond motifs is 2. The van der Waals surface area contributed by atoms with Gasteiger partial charge < -0.3 is 4.90 Å². The van der Waals surface area contributed by atoms with Crippen LogP contribution in [0, 0.1) is 0 Å². The second-order valence-corrected chi connectivity index (χ2v) is 7.73. The molecule has 0 saturated carbocycles. The number of aromatic nitrogens is 1. The van der Waals surface area contributed by atoms with Crippen molar-refractivity contribution < 1.29 is 19.2 Å². The van der Waals surface area contributed by atoms with Gasteiger partial charge >= 0.3 is 0 Å². The van der Waals surface area contributed by atoms with Gasteiger partial charge in [0.05, 0.1) is 12.0 Å². The minimum Gasteiger partial charge on any atom is -0.351 e. The molecular weight excluding hydrogens is 368 g/mol. The van der Waals surface area contributed by atoms with E-state index in [9.17, 15) is 0 Å². The summed E-state index contributed by atoms with van der Waals surface area (Å²) in [6, 6.07) is 14.4. The van der Waals surface area contributed by atoms with Crippen LogP contribution >= 0.6 is 23.4 Å². The van der Waals surface area contributed by atoms with Crippen LogP contribution in [0.4, 0.5) is 5.69 Å². The molecule has 1 aliphatic rings. The normalized spacial score (nSPS) is 15.0. The quantitative estimate of drug-likeness (QED) is 0.306. The van der Waals surface area contributed by atoms with Crippen LogP contribution < -0.4 is 9.47 Å². The second kappa shape index (κ2) is 7.22. The maximum Gasteiger partial charge on any atom is 0.263 e. The Bertz CT molecular complexity index is 1030. The third kappa shape index (κ3) is 3.15. The number of anilines is 1. The van der Waals surface area contributed by atoms with Crippen molar-refractivity contribution in [3.8, 4) is 0 Å². The highest BCUT2D eigenvalue weighted by molar-refractivity contribution is 7.94. The van der Waals surface area contributed by atoms with Gasteiger partial charge in [-0.3, -0.25) is 0 Å². The molecule has 2 heterocycles. The van der Waals surface area contributed by atoms with E-state index in [1.54, 1.807) is 11.3 Å². The lowest BCUT2D eigenvalue weighted by Gasteiger charge is -2.23. The number of hydrogen-bond acceptors (Lipinski definition) is 6. The molecule has 0 unspecified atom stereocenters. The number of nitrogens with zero attached hydrogens (tertiary/aromatic N) is 2. The van der Waals surface area contributed by atoms with Crippen molar-refractivity contribution in [1.29, 1.82) is 0 Å². The first-order valence-electron chi connectivity index (χ1n) is 7.97. The maximum atomic E-state index is 8.32. The first kappa shape index (κ1) is 17.3. The molecule has 7 heteroatoms. The summed E-state index contributed by atoms with van der Waals surface area (Å²) in [6.07, 6.45) is 6.44. The van der Waals surface area contributed by atoms with Gasteiger partial charge in [0.25, 0.3) is 5.01 Å². The number of para-hydroxylation sites is 1. The molecule has 0 amide bonds. The lowest BCUT2D eigenvalue weighted by atomic mass is 10.00. The fraction of sp³-hybridized carbons (Fsp3) is 0.105. The number of thiazole rings is 1. The molecule has 0 aliphatic carbocycles. The van der Waals surface area contributed by atoms with Gasteiger partial charge in [-0.1, -0.05) is 34.6 Å². The van der Waals surface area contributed by atoms with Gasteiger partial charge in [-0.2, -0.15) is 4.57 Å². The first-order chi connectivity index (χ1) is 12.7. The highest BCUT2D eigenvalue weighted by Crippen LogP contribution is 2.34. The lowest BCUT2D eigenvalue weighted by molar-refractivity contribution is -0.642. The zero-order chi connectivity index (χ0) is 18.1. The van der Waals surface area contributed by atoms with Crippen LogP contribution in [0.1, 0.15) is 10.6 Å². The average Bonchev–Trinajstić information content (AvgIpc) is 2.98. The van der Waals surface area contributed by atoms with Crippen LogP contribution in [-0.4, -0.2) is 12.3 Å². The van der Waals surface area contributed by atoms with Crippen molar-refractivity contribution in [2.24, 2.45) is 7.05 Å². The van der Waals surface area contributed by atoms with Crippen LogP contribution in [0.5, 0.6) is 0 Å². The van der Waals surface area contributed by atoms with Gasteiger partial charge in [-0.25, -0.2) is 5.26 Å². The van der Waals surface area contributed by atoms with Gasteiger partial charge in [0, 0.05) is 41.5 Å². The van der Waals surface area contributed by atoms with E-state index in [-0.39, 0.29) is 0 Å². The molecule has 0 radical (unpaired) electrons. The third-order valence-corrected chi connectivity index (χ3v) is 6.09. The number of rotatable bonds is 4. The predicted molar refractivity (Wildman–Crippen MR) is 106 cm³/mol. The Morgan fingerprint density at radius 3 is 2.92 bits per heavy atom. The van der Waals surface area contributed by atoms with E-state index in [0.717, 1.165) is 27.5 Å². The molecule has 0 saturated heterocycles. The molecule has 3 aromatic rings. The topological polar surface area (TPSA) is 45.8 Å². The second-order valence-electron chi connectivity index (χ2n) is 5.90. The highest BCUT2D eigenvalue weighted by Gasteiger charge is 2.19. The molecule has 132 valence electrons. The summed E-state index contributed by atoms with van der Waals surface area (Å²) in [5.74, 6) is 0. The van der Waals surface area contributed by atoms with Gasteiger partial charge in [0.2, 0.25) is 5.52 Å². The van der Waals surface area contributed by atoms with E-state index < -0.39 is 0 Å². The largest absolute Gasteiger partial charge is 0.351 e. The standard InChI is InChI=1S/C19H16N2O3S2/c1-20-10-9-13(15-5-3-4-6-16(15)20)11-19-21(2)17-12-14(26-24-23-22)7-8-18(17)25-19/h3-12H,1-2H3/p+1. The SMILES string of the molecule is CN1C=C/C(=C\c2sc3ccc(SOOO)cc3[n+]2C)c2ccccc21. The Labute approximate surface area is 159 Å². The van der Waals surface area contributed by atoms with E-state index in [4.69, 9.17) is 5.26 Å². The highest BCUT2D eigenvalue weighted by atomic mass is 32.2. The Morgan fingerprint density at radius 2 is 2.08 bits per heavy atom. The minimum absolute atomic E-state index is 0.851. The molecule has 0 fully saturated rings. The number of aryl methyl sites for hydroxylation is 1. The van der Waals surface area contributed by atoms with Crippen molar-refractivity contribution in [2.45, 2.75) is 4.90 Å². The van der Waals surface area contributed by atoms with Crippen LogP contribution in [0.15, 0.2) is 59.6 Å². The van der Waals surface area contributed by atoms with E-state index in [0.29, 0.717) is 0 Å². The van der Waals surface area contributed by atoms with Crippen molar-refractivity contribution in [3.05, 3.63) is 65.3 Å². The van der Waals surface area contributed by atoms with Crippen LogP contribution in [0.3, 0.4) is 0 Å². The smallest absolute Gasteiger partial charge is 0.263 e. The molecule has 0 spiro atoms. The summed E-state index contributed by atoms with van der Waals surface area (Å²) in [5, 5.41) is 13.1. The molecule has 26 heavy (non-hydrogen) atoms. The van der Waals surface area contributed by atoms with Crippen molar-refractivity contribution >= 4 is 50.9 Å². The summed E-state index contributed by atoms with van der Waals surface area (Å²) >= 11 is 2.70. The van der Waals surface area contributed by atoms with E-state index >= 15 is 0 Å². The van der Waals surface area contributed by atoms with Crippen molar-refractivity contribution in [1.82, 2.24) is 0 Å². The summed E-state index contributed by atoms with van der Waals surface area (Å²) in [4.78, 5) is 2.98. The molecule has 1 N–H and O–H groups in total. The molecule has 1 aromatic heterocycles. The Hall–Kier alpha value is -2.16. The minimum atomic E-state index is 0.851. The number of benzene rings is 2. The van der Waals surface area contributed by atoms with E-state index in [1.165, 1.54) is 21.5 Å². The molecule has 0 atom stereocenters. The molecular formula is C19H17N2O3S2+. The number of hydrogen-bond donors (Lipinski definition) is 1. The van der Waals surface area contributed by atoms with Gasteiger partial charge in [0.15, 0.2) is 0 Å². The van der Waals surface area contributed by atoms with Crippen molar-refractivity contribution in [3.63, 3.8) is 0 Å². The Balaban J connectivity index is 1.77. The number of allylic oxidation sites excluding steroid dienone is 2. The zero-order valence-corrected chi connectivity index (χ0v) is 15.9.